The van der Waals surface area contributed by atoms with E-state index in [4.69, 9.17) is 4.74 Å². The lowest BCUT2D eigenvalue weighted by molar-refractivity contribution is -0.145. The summed E-state index contributed by atoms with van der Waals surface area (Å²) >= 11 is 0. The number of benzene rings is 1. The van der Waals surface area contributed by atoms with Crippen molar-refractivity contribution in [1.82, 2.24) is 20.0 Å². The van der Waals surface area contributed by atoms with Crippen LogP contribution < -0.4 is 5.32 Å². The Balaban J connectivity index is 1.53. The van der Waals surface area contributed by atoms with E-state index in [1.807, 2.05) is 42.2 Å². The molecule has 1 spiro atoms. The van der Waals surface area contributed by atoms with Crippen molar-refractivity contribution in [1.29, 1.82) is 0 Å². The first-order valence-corrected chi connectivity index (χ1v) is 11.7. The van der Waals surface area contributed by atoms with Gasteiger partial charge in [0.2, 0.25) is 5.91 Å². The molecule has 174 valence electrons. The number of morpholine rings is 1. The van der Waals surface area contributed by atoms with Crippen LogP contribution in [0.2, 0.25) is 0 Å². The van der Waals surface area contributed by atoms with Crippen LogP contribution in [0.15, 0.2) is 30.3 Å². The Labute approximate surface area is 189 Å². The van der Waals surface area contributed by atoms with Crippen LogP contribution in [0.1, 0.15) is 45.1 Å². The molecule has 2 saturated heterocycles. The van der Waals surface area contributed by atoms with Gasteiger partial charge >= 0.3 is 6.03 Å². The predicted octanol–water partition coefficient (Wildman–Crippen LogP) is 1.99. The number of nitrogens with one attached hydrogen (secondary N) is 1. The van der Waals surface area contributed by atoms with Crippen molar-refractivity contribution >= 4 is 17.8 Å². The average Bonchev–Trinajstić information content (AvgIpc) is 3.36. The highest BCUT2D eigenvalue weighted by molar-refractivity contribution is 6.10. The molecule has 0 radical (unpaired) electrons. The van der Waals surface area contributed by atoms with Gasteiger partial charge in [0.05, 0.1) is 13.2 Å². The molecular formula is C24H34N4O4. The highest BCUT2D eigenvalue weighted by atomic mass is 16.5. The van der Waals surface area contributed by atoms with Gasteiger partial charge in [-0.3, -0.25) is 14.5 Å². The summed E-state index contributed by atoms with van der Waals surface area (Å²) < 4.78 is 5.45. The van der Waals surface area contributed by atoms with Crippen molar-refractivity contribution in [3.63, 3.8) is 0 Å². The molecule has 1 saturated carbocycles. The molecule has 2 aliphatic heterocycles. The number of hydrogen-bond donors (Lipinski definition) is 1. The van der Waals surface area contributed by atoms with Gasteiger partial charge in [0.1, 0.15) is 11.6 Å². The standard InChI is InChI=1S/C24H34N4O4/c1-18(16-26-12-14-32-15-13-26)27(17-20-8-4-3-5-9-20)21(29)19(2)28-22(30)24(25-23(28)31)10-6-7-11-24/h3-5,8-9,18-19H,6-7,10-17H2,1-2H3,(H,25,31). The molecule has 32 heavy (non-hydrogen) atoms. The van der Waals surface area contributed by atoms with Crippen LogP contribution in [-0.2, 0) is 20.9 Å². The summed E-state index contributed by atoms with van der Waals surface area (Å²) in [5.41, 5.74) is 0.210. The van der Waals surface area contributed by atoms with Gasteiger partial charge in [-0.25, -0.2) is 9.69 Å². The van der Waals surface area contributed by atoms with E-state index >= 15 is 0 Å². The summed E-state index contributed by atoms with van der Waals surface area (Å²) in [4.78, 5) is 45.0. The maximum atomic E-state index is 13.7. The van der Waals surface area contributed by atoms with E-state index in [0.29, 0.717) is 32.6 Å². The van der Waals surface area contributed by atoms with E-state index in [1.54, 1.807) is 6.92 Å². The summed E-state index contributed by atoms with van der Waals surface area (Å²) in [6, 6.07) is 8.47. The lowest BCUT2D eigenvalue weighted by atomic mass is 9.97. The molecule has 4 rings (SSSR count). The third-order valence-electron chi connectivity index (χ3n) is 7.03. The normalized spacial score (nSPS) is 22.8. The molecule has 2 heterocycles. The molecule has 8 heteroatoms. The summed E-state index contributed by atoms with van der Waals surface area (Å²) in [5.74, 6) is -0.450. The smallest absolute Gasteiger partial charge is 0.325 e. The van der Waals surface area contributed by atoms with Gasteiger partial charge in [0, 0.05) is 32.2 Å². The zero-order chi connectivity index (χ0) is 22.7. The van der Waals surface area contributed by atoms with Crippen molar-refractivity contribution in [2.24, 2.45) is 0 Å². The van der Waals surface area contributed by atoms with Crippen molar-refractivity contribution in [2.45, 2.75) is 63.7 Å². The number of imide groups is 1. The highest BCUT2D eigenvalue weighted by Crippen LogP contribution is 2.36. The van der Waals surface area contributed by atoms with Crippen LogP contribution in [0.5, 0.6) is 0 Å². The minimum Gasteiger partial charge on any atom is -0.379 e. The Morgan fingerprint density at radius 3 is 2.44 bits per heavy atom. The number of carbonyl (C=O) groups excluding carboxylic acids is 3. The third kappa shape index (κ3) is 4.52. The summed E-state index contributed by atoms with van der Waals surface area (Å²) in [7, 11) is 0. The average molecular weight is 443 g/mol. The number of ether oxygens (including phenoxy) is 1. The van der Waals surface area contributed by atoms with E-state index in [1.165, 1.54) is 0 Å². The third-order valence-corrected chi connectivity index (χ3v) is 7.03. The van der Waals surface area contributed by atoms with Gasteiger partial charge in [-0.15, -0.1) is 0 Å². The Hall–Kier alpha value is -2.45. The molecule has 8 nitrogen and oxygen atoms in total. The molecule has 4 amide bonds. The lowest BCUT2D eigenvalue weighted by Gasteiger charge is -2.37. The number of amides is 4. The van der Waals surface area contributed by atoms with E-state index in [-0.39, 0.29) is 17.9 Å². The quantitative estimate of drug-likeness (QED) is 0.653. The molecule has 2 atom stereocenters. The number of rotatable bonds is 7. The molecule has 3 fully saturated rings. The van der Waals surface area contributed by atoms with Gasteiger partial charge in [0.25, 0.3) is 5.91 Å². The Kier molecular flexibility index (Phi) is 6.81. The minimum atomic E-state index is -0.849. The van der Waals surface area contributed by atoms with Gasteiger partial charge in [-0.2, -0.15) is 0 Å². The van der Waals surface area contributed by atoms with Crippen molar-refractivity contribution in [3.05, 3.63) is 35.9 Å². The monoisotopic (exact) mass is 442 g/mol. The van der Waals surface area contributed by atoms with E-state index < -0.39 is 17.6 Å². The predicted molar refractivity (Wildman–Crippen MR) is 120 cm³/mol. The van der Waals surface area contributed by atoms with Crippen LogP contribution in [0, 0.1) is 0 Å². The maximum absolute atomic E-state index is 13.7. The SMILES string of the molecule is CC(CN1CCOCC1)N(Cc1ccccc1)C(=O)C(C)N1C(=O)NC2(CCCC2)C1=O. The molecule has 1 aromatic rings. The molecule has 2 unspecified atom stereocenters. The van der Waals surface area contributed by atoms with Crippen LogP contribution in [-0.4, -0.2) is 83.0 Å². The fourth-order valence-electron chi connectivity index (χ4n) is 5.15. The lowest BCUT2D eigenvalue weighted by Crippen LogP contribution is -2.55. The highest BCUT2D eigenvalue weighted by Gasteiger charge is 2.55. The zero-order valence-electron chi connectivity index (χ0n) is 19.1. The molecule has 1 N–H and O–H groups in total. The molecule has 1 aliphatic carbocycles. The number of carbonyl (C=O) groups is 3. The van der Waals surface area contributed by atoms with Gasteiger partial charge in [0.15, 0.2) is 0 Å². The van der Waals surface area contributed by atoms with Crippen molar-refractivity contribution in [2.75, 3.05) is 32.8 Å². The van der Waals surface area contributed by atoms with E-state index in [2.05, 4.69) is 10.2 Å². The molecule has 0 bridgehead atoms. The Bertz CT molecular complexity index is 834. The minimum absolute atomic E-state index is 0.0792. The number of urea groups is 1. The second kappa shape index (κ2) is 9.58. The molecule has 3 aliphatic rings. The van der Waals surface area contributed by atoms with Gasteiger partial charge in [-0.05, 0) is 32.3 Å². The van der Waals surface area contributed by atoms with Gasteiger partial charge in [-0.1, -0.05) is 43.2 Å². The van der Waals surface area contributed by atoms with Crippen LogP contribution in [0.4, 0.5) is 4.79 Å². The fraction of sp³-hybridized carbons (Fsp3) is 0.625. The summed E-state index contributed by atoms with van der Waals surface area (Å²) in [5, 5.41) is 2.89. The molecule has 0 aromatic heterocycles. The molecule has 1 aromatic carbocycles. The van der Waals surface area contributed by atoms with Crippen LogP contribution in [0.25, 0.3) is 0 Å². The number of nitrogens with zero attached hydrogens (tertiary/aromatic N) is 3. The first-order chi connectivity index (χ1) is 15.4. The Morgan fingerprint density at radius 2 is 1.78 bits per heavy atom. The van der Waals surface area contributed by atoms with E-state index in [9.17, 15) is 14.4 Å². The van der Waals surface area contributed by atoms with Crippen LogP contribution in [0.3, 0.4) is 0 Å². The zero-order valence-corrected chi connectivity index (χ0v) is 19.1. The fourth-order valence-corrected chi connectivity index (χ4v) is 5.15. The number of hydrogen-bond acceptors (Lipinski definition) is 5. The van der Waals surface area contributed by atoms with Crippen molar-refractivity contribution in [3.8, 4) is 0 Å². The first kappa shape index (κ1) is 22.7. The van der Waals surface area contributed by atoms with E-state index in [0.717, 1.165) is 42.9 Å². The Morgan fingerprint density at radius 1 is 1.12 bits per heavy atom. The molecular weight excluding hydrogens is 408 g/mol. The van der Waals surface area contributed by atoms with Gasteiger partial charge < -0.3 is 15.0 Å². The second-order valence-electron chi connectivity index (χ2n) is 9.28. The first-order valence-electron chi connectivity index (χ1n) is 11.7. The summed E-state index contributed by atoms with van der Waals surface area (Å²) in [6.45, 7) is 7.93. The second-order valence-corrected chi connectivity index (χ2v) is 9.28. The largest absolute Gasteiger partial charge is 0.379 e. The summed E-state index contributed by atoms with van der Waals surface area (Å²) in [6.07, 6.45) is 3.13. The topological polar surface area (TPSA) is 82.2 Å². The van der Waals surface area contributed by atoms with Crippen LogP contribution >= 0.6 is 0 Å². The van der Waals surface area contributed by atoms with Crippen molar-refractivity contribution < 1.29 is 19.1 Å². The maximum Gasteiger partial charge on any atom is 0.325 e.